The van der Waals surface area contributed by atoms with E-state index in [0.29, 0.717) is 0 Å². The van der Waals surface area contributed by atoms with Crippen molar-refractivity contribution >= 4 is 63.1 Å². The van der Waals surface area contributed by atoms with Crippen LogP contribution in [0.3, 0.4) is 0 Å². The fourth-order valence-electron chi connectivity index (χ4n) is 7.04. The molecular weight excluding hydrogens is 645 g/mol. The molecule has 0 aliphatic carbocycles. The van der Waals surface area contributed by atoms with Gasteiger partial charge in [-0.05, 0) is 63.7 Å². The van der Waals surface area contributed by atoms with Gasteiger partial charge in [0.25, 0.3) is 0 Å². The molecule has 234 valence electrons. The maximum absolute atomic E-state index is 5.31. The molecule has 2 nitrogen and oxygen atoms in total. The Morgan fingerprint density at radius 1 is 0.340 bits per heavy atom. The molecule has 3 aromatic heterocycles. The second-order valence-electron chi connectivity index (χ2n) is 12.6. The minimum absolute atomic E-state index is 0.754. The van der Waals surface area contributed by atoms with E-state index in [1.165, 1.54) is 63.6 Å². The summed E-state index contributed by atoms with van der Waals surface area (Å²) >= 11 is 3.64. The highest BCUT2D eigenvalue weighted by molar-refractivity contribution is 7.27. The van der Waals surface area contributed by atoms with Gasteiger partial charge >= 0.3 is 0 Å². The first-order valence-corrected chi connectivity index (χ1v) is 18.4. The highest BCUT2D eigenvalue weighted by Crippen LogP contribution is 2.45. The second-order valence-corrected chi connectivity index (χ2v) is 14.7. The molecule has 0 bridgehead atoms. The zero-order chi connectivity index (χ0) is 33.0. The number of fused-ring (bicyclic) bond motifs is 6. The van der Waals surface area contributed by atoms with E-state index in [-0.39, 0.29) is 0 Å². The topological polar surface area (TPSA) is 25.8 Å². The predicted octanol–water partition coefficient (Wildman–Crippen LogP) is 13.5. The maximum Gasteiger partial charge on any atom is 0.160 e. The smallest absolute Gasteiger partial charge is 0.160 e. The van der Waals surface area contributed by atoms with E-state index in [2.05, 4.69) is 164 Å². The summed E-state index contributed by atoms with van der Waals surface area (Å²) in [5, 5.41) is 3.70. The molecule has 0 amide bonds. The summed E-state index contributed by atoms with van der Waals surface area (Å²) in [6.45, 7) is 0. The standard InChI is InChI=1S/C46H28N2S2/c1-4-13-29(14-5-1)33-25-34(30-15-6-2-7-16-30)27-35(26-33)32-23-24-36-37-20-12-21-39(44(37)50-41(36)28-32)43-45-42(38-19-10-11-22-40(38)49-45)47-46(48-43)31-17-8-3-9-18-31/h1-28H. The number of aromatic nitrogens is 2. The zero-order valence-corrected chi connectivity index (χ0v) is 28.5. The van der Waals surface area contributed by atoms with E-state index in [0.717, 1.165) is 32.9 Å². The van der Waals surface area contributed by atoms with Crippen molar-refractivity contribution in [2.24, 2.45) is 0 Å². The lowest BCUT2D eigenvalue weighted by atomic mass is 9.93. The fourth-order valence-corrected chi connectivity index (χ4v) is 9.45. The number of hydrogen-bond acceptors (Lipinski definition) is 4. The van der Waals surface area contributed by atoms with Gasteiger partial charge < -0.3 is 0 Å². The SMILES string of the molecule is c1ccc(-c2cc(-c3ccccc3)cc(-c3ccc4c(c3)sc3c(-c5nc(-c6ccccc6)nc6c5sc5ccccc56)cccc34)c2)cc1. The lowest BCUT2D eigenvalue weighted by molar-refractivity contribution is 1.24. The van der Waals surface area contributed by atoms with Crippen molar-refractivity contribution in [2.75, 3.05) is 0 Å². The van der Waals surface area contributed by atoms with Crippen LogP contribution < -0.4 is 0 Å². The molecule has 0 saturated carbocycles. The molecule has 10 aromatic rings. The van der Waals surface area contributed by atoms with Crippen LogP contribution in [0.25, 0.3) is 96.5 Å². The Morgan fingerprint density at radius 2 is 0.920 bits per heavy atom. The Bertz CT molecular complexity index is 2800. The molecule has 4 heteroatoms. The molecule has 0 unspecified atom stereocenters. The van der Waals surface area contributed by atoms with Gasteiger partial charge in [-0.25, -0.2) is 9.97 Å². The maximum atomic E-state index is 5.31. The van der Waals surface area contributed by atoms with E-state index in [1.807, 2.05) is 17.4 Å². The molecular formula is C46H28N2S2. The molecule has 50 heavy (non-hydrogen) atoms. The average Bonchev–Trinajstić information content (AvgIpc) is 3.77. The first kappa shape index (κ1) is 29.0. The Kier molecular flexibility index (Phi) is 6.90. The largest absolute Gasteiger partial charge is 0.226 e. The molecule has 0 aliphatic rings. The van der Waals surface area contributed by atoms with E-state index in [4.69, 9.17) is 9.97 Å². The van der Waals surface area contributed by atoms with Crippen LogP contribution in [0.2, 0.25) is 0 Å². The predicted molar refractivity (Wildman–Crippen MR) is 215 cm³/mol. The summed E-state index contributed by atoms with van der Waals surface area (Å²) in [6, 6.07) is 60.8. The molecule has 0 spiro atoms. The number of benzene rings is 7. The Hall–Kier alpha value is -5.94. The van der Waals surface area contributed by atoms with Crippen molar-refractivity contribution in [3.63, 3.8) is 0 Å². The minimum Gasteiger partial charge on any atom is -0.226 e. The van der Waals surface area contributed by atoms with Crippen molar-refractivity contribution < 1.29 is 0 Å². The van der Waals surface area contributed by atoms with E-state index < -0.39 is 0 Å². The van der Waals surface area contributed by atoms with E-state index in [9.17, 15) is 0 Å². The normalized spacial score (nSPS) is 11.6. The van der Waals surface area contributed by atoms with Gasteiger partial charge in [0.2, 0.25) is 0 Å². The summed E-state index contributed by atoms with van der Waals surface area (Å²) in [4.78, 5) is 10.5. The highest BCUT2D eigenvalue weighted by Gasteiger charge is 2.20. The van der Waals surface area contributed by atoms with Gasteiger partial charge in [0.05, 0.1) is 15.9 Å². The molecule has 10 rings (SSSR count). The van der Waals surface area contributed by atoms with Crippen molar-refractivity contribution in [2.45, 2.75) is 0 Å². The van der Waals surface area contributed by atoms with Crippen LogP contribution in [0.5, 0.6) is 0 Å². The van der Waals surface area contributed by atoms with Crippen molar-refractivity contribution in [1.82, 2.24) is 9.97 Å². The number of nitrogens with zero attached hydrogens (tertiary/aromatic N) is 2. The van der Waals surface area contributed by atoms with Crippen LogP contribution in [0, 0.1) is 0 Å². The fraction of sp³-hybridized carbons (Fsp3) is 0. The molecule has 0 N–H and O–H groups in total. The van der Waals surface area contributed by atoms with E-state index >= 15 is 0 Å². The third kappa shape index (κ3) is 4.92. The van der Waals surface area contributed by atoms with Gasteiger partial charge in [0.15, 0.2) is 5.82 Å². The van der Waals surface area contributed by atoms with Gasteiger partial charge in [-0.2, -0.15) is 0 Å². The van der Waals surface area contributed by atoms with Crippen molar-refractivity contribution in [3.8, 4) is 56.0 Å². The van der Waals surface area contributed by atoms with Crippen LogP contribution in [0.4, 0.5) is 0 Å². The Labute approximate surface area is 297 Å². The lowest BCUT2D eigenvalue weighted by Crippen LogP contribution is -1.93. The van der Waals surface area contributed by atoms with Gasteiger partial charge in [0.1, 0.15) is 0 Å². The van der Waals surface area contributed by atoms with Crippen LogP contribution >= 0.6 is 22.7 Å². The third-order valence-electron chi connectivity index (χ3n) is 9.49. The summed E-state index contributed by atoms with van der Waals surface area (Å²) in [7, 11) is 0. The first-order chi connectivity index (χ1) is 24.8. The van der Waals surface area contributed by atoms with Crippen LogP contribution in [-0.4, -0.2) is 9.97 Å². The molecule has 0 radical (unpaired) electrons. The highest BCUT2D eigenvalue weighted by atomic mass is 32.1. The Balaban J connectivity index is 1.17. The quantitative estimate of drug-likeness (QED) is 0.182. The van der Waals surface area contributed by atoms with Crippen molar-refractivity contribution in [3.05, 3.63) is 170 Å². The summed E-state index contributed by atoms with van der Waals surface area (Å²) in [6.07, 6.45) is 0. The summed E-state index contributed by atoms with van der Waals surface area (Å²) in [5.41, 5.74) is 11.5. The van der Waals surface area contributed by atoms with Gasteiger partial charge in [-0.15, -0.1) is 22.7 Å². The van der Waals surface area contributed by atoms with Crippen LogP contribution in [0.1, 0.15) is 0 Å². The average molecular weight is 673 g/mol. The Morgan fingerprint density at radius 3 is 1.62 bits per heavy atom. The van der Waals surface area contributed by atoms with E-state index in [1.54, 1.807) is 11.3 Å². The number of rotatable bonds is 5. The summed E-state index contributed by atoms with van der Waals surface area (Å²) < 4.78 is 4.87. The lowest BCUT2D eigenvalue weighted by Gasteiger charge is -2.11. The van der Waals surface area contributed by atoms with Gasteiger partial charge in [0, 0.05) is 41.4 Å². The zero-order valence-electron chi connectivity index (χ0n) is 26.9. The first-order valence-electron chi connectivity index (χ1n) is 16.7. The molecule has 7 aromatic carbocycles. The number of hydrogen-bond donors (Lipinski definition) is 0. The van der Waals surface area contributed by atoms with Crippen molar-refractivity contribution in [1.29, 1.82) is 0 Å². The monoisotopic (exact) mass is 672 g/mol. The molecule has 0 atom stereocenters. The van der Waals surface area contributed by atoms with Crippen LogP contribution in [0.15, 0.2) is 170 Å². The molecule has 0 fully saturated rings. The van der Waals surface area contributed by atoms with Crippen LogP contribution in [-0.2, 0) is 0 Å². The molecule has 3 heterocycles. The third-order valence-corrected chi connectivity index (χ3v) is 11.9. The van der Waals surface area contributed by atoms with Gasteiger partial charge in [-0.3, -0.25) is 0 Å². The second kappa shape index (κ2) is 11.9. The molecule has 0 aliphatic heterocycles. The number of thiophene rings is 2. The van der Waals surface area contributed by atoms with Gasteiger partial charge in [-0.1, -0.05) is 140 Å². The minimum atomic E-state index is 0.754. The summed E-state index contributed by atoms with van der Waals surface area (Å²) in [5.74, 6) is 0.754. The molecule has 0 saturated heterocycles.